The third kappa shape index (κ3) is 2.85. The molecule has 0 spiro atoms. The Morgan fingerprint density at radius 1 is 1.29 bits per heavy atom. The topological polar surface area (TPSA) is 30.5 Å². The van der Waals surface area contributed by atoms with E-state index in [4.69, 9.17) is 21.1 Å². The van der Waals surface area contributed by atoms with E-state index in [0.717, 1.165) is 17.0 Å². The lowest BCUT2D eigenvalue weighted by Gasteiger charge is -2.28. The third-order valence-corrected chi connectivity index (χ3v) is 4.19. The van der Waals surface area contributed by atoms with Gasteiger partial charge >= 0.3 is 0 Å². The molecule has 2 aromatic carbocycles. The first-order valence-electron chi connectivity index (χ1n) is 6.95. The highest BCUT2D eigenvalue weighted by molar-refractivity contribution is 6.31. The highest BCUT2D eigenvalue weighted by Gasteiger charge is 2.21. The summed E-state index contributed by atoms with van der Waals surface area (Å²) in [5.41, 5.74) is 4.46. The lowest BCUT2D eigenvalue weighted by atomic mass is 9.98. The molecule has 1 aliphatic rings. The molecule has 0 amide bonds. The molecule has 0 aliphatic carbocycles. The maximum Gasteiger partial charge on any atom is 0.143 e. The van der Waals surface area contributed by atoms with Crippen LogP contribution >= 0.6 is 11.6 Å². The highest BCUT2D eigenvalue weighted by atomic mass is 35.5. The summed E-state index contributed by atoms with van der Waals surface area (Å²) >= 11 is 6.16. The van der Waals surface area contributed by atoms with Crippen LogP contribution in [0.15, 0.2) is 36.4 Å². The molecule has 1 N–H and O–H groups in total. The predicted molar refractivity (Wildman–Crippen MR) is 85.2 cm³/mol. The second kappa shape index (κ2) is 5.96. The normalized spacial score (nSPS) is 17.2. The number of hydrogen-bond donors (Lipinski definition) is 1. The van der Waals surface area contributed by atoms with Crippen LogP contribution in [0, 0.1) is 6.92 Å². The first-order chi connectivity index (χ1) is 10.2. The number of nitrogens with one attached hydrogen (secondary N) is 1. The summed E-state index contributed by atoms with van der Waals surface area (Å²) in [5.74, 6) is 0.744. The molecule has 0 aromatic heterocycles. The minimum Gasteiger partial charge on any atom is -0.495 e. The fourth-order valence-electron chi connectivity index (χ4n) is 2.63. The van der Waals surface area contributed by atoms with E-state index in [1.165, 1.54) is 11.1 Å². The number of benzene rings is 2. The van der Waals surface area contributed by atoms with Crippen molar-refractivity contribution >= 4 is 17.3 Å². The number of aryl methyl sites for hydroxylation is 1. The number of hydrogen-bond acceptors (Lipinski definition) is 3. The Balaban J connectivity index is 1.93. The van der Waals surface area contributed by atoms with Crippen LogP contribution in [0.3, 0.4) is 0 Å². The van der Waals surface area contributed by atoms with Gasteiger partial charge in [-0.25, -0.2) is 0 Å². The van der Waals surface area contributed by atoms with Crippen molar-refractivity contribution < 1.29 is 9.47 Å². The Labute approximate surface area is 129 Å². The molecule has 1 heterocycles. The van der Waals surface area contributed by atoms with Crippen LogP contribution in [0.5, 0.6) is 5.75 Å². The van der Waals surface area contributed by atoms with Crippen molar-refractivity contribution in [1.29, 1.82) is 0 Å². The SMILES string of the molecule is COc1cc(Cl)c(C)cc1NC1COCc2ccccc21. The zero-order chi connectivity index (χ0) is 14.8. The van der Waals surface area contributed by atoms with Crippen LogP contribution in [0.4, 0.5) is 5.69 Å². The summed E-state index contributed by atoms with van der Waals surface area (Å²) < 4.78 is 11.1. The lowest BCUT2D eigenvalue weighted by molar-refractivity contribution is 0.0969. The van der Waals surface area contributed by atoms with Crippen molar-refractivity contribution in [1.82, 2.24) is 0 Å². The first kappa shape index (κ1) is 14.2. The van der Waals surface area contributed by atoms with Crippen molar-refractivity contribution in [2.45, 2.75) is 19.6 Å². The van der Waals surface area contributed by atoms with Gasteiger partial charge in [0.05, 0.1) is 32.1 Å². The van der Waals surface area contributed by atoms with Gasteiger partial charge in [-0.05, 0) is 29.7 Å². The number of halogens is 1. The average molecular weight is 304 g/mol. The molecular formula is C17H18ClNO2. The van der Waals surface area contributed by atoms with Crippen LogP contribution in [0.25, 0.3) is 0 Å². The van der Waals surface area contributed by atoms with E-state index in [2.05, 4.69) is 23.5 Å². The summed E-state index contributed by atoms with van der Waals surface area (Å²) in [6.45, 7) is 3.30. The van der Waals surface area contributed by atoms with Crippen molar-refractivity contribution in [3.8, 4) is 5.75 Å². The highest BCUT2D eigenvalue weighted by Crippen LogP contribution is 2.35. The fourth-order valence-corrected chi connectivity index (χ4v) is 2.79. The summed E-state index contributed by atoms with van der Waals surface area (Å²) in [4.78, 5) is 0. The zero-order valence-electron chi connectivity index (χ0n) is 12.2. The lowest BCUT2D eigenvalue weighted by Crippen LogP contribution is -2.23. The quantitative estimate of drug-likeness (QED) is 0.915. The van der Waals surface area contributed by atoms with Gasteiger partial charge in [0.15, 0.2) is 0 Å². The van der Waals surface area contributed by atoms with E-state index < -0.39 is 0 Å². The van der Waals surface area contributed by atoms with Crippen molar-refractivity contribution in [3.63, 3.8) is 0 Å². The summed E-state index contributed by atoms with van der Waals surface area (Å²) in [6, 6.07) is 12.3. The van der Waals surface area contributed by atoms with Crippen LogP contribution in [-0.2, 0) is 11.3 Å². The van der Waals surface area contributed by atoms with Gasteiger partial charge in [-0.1, -0.05) is 35.9 Å². The largest absolute Gasteiger partial charge is 0.495 e. The molecule has 110 valence electrons. The molecule has 0 bridgehead atoms. The second-order valence-electron chi connectivity index (χ2n) is 5.21. The molecule has 1 atom stereocenters. The molecule has 21 heavy (non-hydrogen) atoms. The average Bonchev–Trinajstić information content (AvgIpc) is 2.51. The standard InChI is InChI=1S/C17H18ClNO2/c1-11-7-15(17(20-2)8-14(11)18)19-16-10-21-9-12-5-3-4-6-13(12)16/h3-8,16,19H,9-10H2,1-2H3. The maximum atomic E-state index is 6.16. The number of fused-ring (bicyclic) bond motifs is 1. The smallest absolute Gasteiger partial charge is 0.143 e. The fraction of sp³-hybridized carbons (Fsp3) is 0.294. The van der Waals surface area contributed by atoms with E-state index in [1.54, 1.807) is 7.11 Å². The van der Waals surface area contributed by atoms with E-state index in [9.17, 15) is 0 Å². The van der Waals surface area contributed by atoms with Gasteiger partial charge in [0.1, 0.15) is 5.75 Å². The Hall–Kier alpha value is -1.71. The van der Waals surface area contributed by atoms with E-state index in [0.29, 0.717) is 18.2 Å². The minimum atomic E-state index is 0.115. The number of methoxy groups -OCH3 is 1. The Morgan fingerprint density at radius 2 is 2.10 bits per heavy atom. The van der Waals surface area contributed by atoms with Gasteiger partial charge in [-0.2, -0.15) is 0 Å². The predicted octanol–water partition coefficient (Wildman–Crippen LogP) is 4.34. The maximum absolute atomic E-state index is 6.16. The summed E-state index contributed by atoms with van der Waals surface area (Å²) in [7, 11) is 1.65. The second-order valence-corrected chi connectivity index (χ2v) is 5.62. The Bertz CT molecular complexity index is 657. The molecule has 1 unspecified atom stereocenters. The summed E-state index contributed by atoms with van der Waals surface area (Å²) in [6.07, 6.45) is 0. The van der Waals surface area contributed by atoms with Crippen LogP contribution in [0.1, 0.15) is 22.7 Å². The minimum absolute atomic E-state index is 0.115. The van der Waals surface area contributed by atoms with Gasteiger partial charge in [0.25, 0.3) is 0 Å². The third-order valence-electron chi connectivity index (χ3n) is 3.78. The van der Waals surface area contributed by atoms with E-state index >= 15 is 0 Å². The Morgan fingerprint density at radius 3 is 2.90 bits per heavy atom. The molecule has 0 fully saturated rings. The molecule has 2 aromatic rings. The van der Waals surface area contributed by atoms with Gasteiger partial charge in [-0.3, -0.25) is 0 Å². The number of rotatable bonds is 3. The molecule has 4 heteroatoms. The zero-order valence-corrected chi connectivity index (χ0v) is 12.9. The molecule has 0 radical (unpaired) electrons. The Kier molecular flexibility index (Phi) is 4.04. The number of ether oxygens (including phenoxy) is 2. The van der Waals surface area contributed by atoms with Crippen molar-refractivity contribution in [2.24, 2.45) is 0 Å². The van der Waals surface area contributed by atoms with E-state index in [1.807, 2.05) is 25.1 Å². The van der Waals surface area contributed by atoms with Gasteiger partial charge in [0, 0.05) is 11.1 Å². The molecule has 3 nitrogen and oxygen atoms in total. The number of anilines is 1. The van der Waals surface area contributed by atoms with Gasteiger partial charge in [0.2, 0.25) is 0 Å². The van der Waals surface area contributed by atoms with E-state index in [-0.39, 0.29) is 6.04 Å². The first-order valence-corrected chi connectivity index (χ1v) is 7.33. The van der Waals surface area contributed by atoms with Crippen molar-refractivity contribution in [2.75, 3.05) is 19.0 Å². The van der Waals surface area contributed by atoms with Gasteiger partial charge < -0.3 is 14.8 Å². The summed E-state index contributed by atoms with van der Waals surface area (Å²) in [5, 5.41) is 4.22. The molecule has 3 rings (SSSR count). The molecule has 0 saturated heterocycles. The molecule has 1 aliphatic heterocycles. The monoisotopic (exact) mass is 303 g/mol. The van der Waals surface area contributed by atoms with Crippen LogP contribution in [-0.4, -0.2) is 13.7 Å². The van der Waals surface area contributed by atoms with Crippen LogP contribution in [0.2, 0.25) is 5.02 Å². The van der Waals surface area contributed by atoms with Gasteiger partial charge in [-0.15, -0.1) is 0 Å². The molecular weight excluding hydrogens is 286 g/mol. The molecule has 0 saturated carbocycles. The van der Waals surface area contributed by atoms with Crippen molar-refractivity contribution in [3.05, 3.63) is 58.1 Å². The van der Waals surface area contributed by atoms with Crippen LogP contribution < -0.4 is 10.1 Å².